The zero-order valence-corrected chi connectivity index (χ0v) is 13.8. The highest BCUT2D eigenvalue weighted by atomic mass is 19.3. The van der Waals surface area contributed by atoms with Gasteiger partial charge in [-0.2, -0.15) is 19.0 Å². The zero-order valence-electron chi connectivity index (χ0n) is 13.8. The van der Waals surface area contributed by atoms with Crippen LogP contribution in [0, 0.1) is 13.8 Å². The molecular formula is C17H17F2N5O. The first-order chi connectivity index (χ1) is 12.0. The van der Waals surface area contributed by atoms with Crippen LogP contribution in [0.1, 0.15) is 34.0 Å². The van der Waals surface area contributed by atoms with E-state index in [-0.39, 0.29) is 5.69 Å². The highest BCUT2D eigenvalue weighted by Gasteiger charge is 2.18. The summed E-state index contributed by atoms with van der Waals surface area (Å²) in [6.45, 7) is 1.42. The van der Waals surface area contributed by atoms with Gasteiger partial charge in [-0.3, -0.25) is 9.48 Å². The van der Waals surface area contributed by atoms with E-state index in [0.717, 1.165) is 17.5 Å². The Morgan fingerprint density at radius 1 is 1.16 bits per heavy atom. The molecule has 130 valence electrons. The molecule has 0 saturated carbocycles. The van der Waals surface area contributed by atoms with Crippen LogP contribution < -0.4 is 5.32 Å². The normalized spacial score (nSPS) is 11.1. The third-order valence-electron chi connectivity index (χ3n) is 3.84. The fraction of sp³-hybridized carbons (Fsp3) is 0.235. The number of nitrogens with one attached hydrogen (secondary N) is 1. The third kappa shape index (κ3) is 3.57. The van der Waals surface area contributed by atoms with E-state index in [1.165, 1.54) is 6.07 Å². The van der Waals surface area contributed by atoms with E-state index >= 15 is 0 Å². The molecule has 0 radical (unpaired) electrons. The molecule has 1 N–H and O–H groups in total. The number of alkyl halides is 2. The average molecular weight is 345 g/mol. The summed E-state index contributed by atoms with van der Waals surface area (Å²) >= 11 is 0. The first kappa shape index (κ1) is 16.8. The molecule has 3 rings (SSSR count). The van der Waals surface area contributed by atoms with E-state index in [2.05, 4.69) is 15.5 Å². The van der Waals surface area contributed by atoms with Gasteiger partial charge in [0.15, 0.2) is 5.69 Å². The standard InChI is InChI=1S/C17H17F2N5O/c1-11-15(20-16(25)14-8-9-23(22-14)17(18)19)12(2)24(21-11)10-13-6-4-3-5-7-13/h3-9,17H,10H2,1-2H3,(H,20,25). The molecule has 0 aliphatic heterocycles. The Morgan fingerprint density at radius 2 is 1.88 bits per heavy atom. The quantitative estimate of drug-likeness (QED) is 0.771. The lowest BCUT2D eigenvalue weighted by molar-refractivity contribution is 0.0561. The number of aryl methyl sites for hydroxylation is 1. The van der Waals surface area contributed by atoms with Gasteiger partial charge in [-0.05, 0) is 25.5 Å². The number of halogens is 2. The number of aromatic nitrogens is 4. The van der Waals surface area contributed by atoms with Gasteiger partial charge in [-0.15, -0.1) is 0 Å². The van der Waals surface area contributed by atoms with Crippen LogP contribution in [0.2, 0.25) is 0 Å². The van der Waals surface area contributed by atoms with Gasteiger partial charge in [0.2, 0.25) is 0 Å². The van der Waals surface area contributed by atoms with Crippen molar-refractivity contribution < 1.29 is 13.6 Å². The number of carbonyl (C=O) groups is 1. The smallest absolute Gasteiger partial charge is 0.317 e. The summed E-state index contributed by atoms with van der Waals surface area (Å²) in [4.78, 5) is 12.3. The lowest BCUT2D eigenvalue weighted by atomic mass is 10.2. The predicted molar refractivity (Wildman–Crippen MR) is 88.7 cm³/mol. The molecule has 1 amide bonds. The van der Waals surface area contributed by atoms with Crippen LogP contribution in [0.5, 0.6) is 0 Å². The average Bonchev–Trinajstić information content (AvgIpc) is 3.17. The Morgan fingerprint density at radius 3 is 2.52 bits per heavy atom. The monoisotopic (exact) mass is 345 g/mol. The predicted octanol–water partition coefficient (Wildman–Crippen LogP) is 3.39. The van der Waals surface area contributed by atoms with Gasteiger partial charge in [-0.25, -0.2) is 4.68 Å². The number of anilines is 1. The molecule has 6 nitrogen and oxygen atoms in total. The summed E-state index contributed by atoms with van der Waals surface area (Å²) in [5.74, 6) is -0.551. The van der Waals surface area contributed by atoms with Gasteiger partial charge >= 0.3 is 6.55 Å². The molecule has 0 atom stereocenters. The molecule has 0 unspecified atom stereocenters. The van der Waals surface area contributed by atoms with Crippen molar-refractivity contribution in [1.29, 1.82) is 0 Å². The van der Waals surface area contributed by atoms with E-state index in [1.54, 1.807) is 11.6 Å². The Labute approximate surface area is 143 Å². The lowest BCUT2D eigenvalue weighted by Crippen LogP contribution is -2.15. The van der Waals surface area contributed by atoms with Crippen molar-refractivity contribution >= 4 is 11.6 Å². The van der Waals surface area contributed by atoms with Gasteiger partial charge in [-0.1, -0.05) is 30.3 Å². The number of hydrogen-bond donors (Lipinski definition) is 1. The minimum absolute atomic E-state index is 0.0742. The third-order valence-corrected chi connectivity index (χ3v) is 3.84. The summed E-state index contributed by atoms with van der Waals surface area (Å²) in [6.07, 6.45) is 1.07. The second-order valence-corrected chi connectivity index (χ2v) is 5.60. The highest BCUT2D eigenvalue weighted by molar-refractivity contribution is 6.03. The number of nitrogens with zero attached hydrogens (tertiary/aromatic N) is 4. The molecule has 1 aromatic carbocycles. The lowest BCUT2D eigenvalue weighted by Gasteiger charge is -2.06. The Bertz CT molecular complexity index is 886. The SMILES string of the molecule is Cc1nn(Cc2ccccc2)c(C)c1NC(=O)c1ccn(C(F)F)n1. The minimum Gasteiger partial charge on any atom is -0.317 e. The number of amides is 1. The molecule has 0 aliphatic rings. The van der Waals surface area contributed by atoms with E-state index in [9.17, 15) is 13.6 Å². The Balaban J connectivity index is 1.79. The van der Waals surface area contributed by atoms with Gasteiger partial charge in [0.05, 0.1) is 23.6 Å². The molecule has 3 aromatic rings. The van der Waals surface area contributed by atoms with Crippen LogP contribution in [0.4, 0.5) is 14.5 Å². The molecule has 0 saturated heterocycles. The van der Waals surface area contributed by atoms with E-state index in [0.29, 0.717) is 22.6 Å². The fourth-order valence-corrected chi connectivity index (χ4v) is 2.53. The molecule has 0 fully saturated rings. The van der Waals surface area contributed by atoms with Crippen LogP contribution in [-0.4, -0.2) is 25.5 Å². The second kappa shape index (κ2) is 6.84. The summed E-state index contributed by atoms with van der Waals surface area (Å²) in [7, 11) is 0. The van der Waals surface area contributed by atoms with Gasteiger partial charge < -0.3 is 5.32 Å². The highest BCUT2D eigenvalue weighted by Crippen LogP contribution is 2.21. The maximum Gasteiger partial charge on any atom is 0.333 e. The van der Waals surface area contributed by atoms with Crippen molar-refractivity contribution in [3.8, 4) is 0 Å². The number of benzene rings is 1. The summed E-state index contributed by atoms with van der Waals surface area (Å²) < 4.78 is 27.4. The number of hydrogen-bond acceptors (Lipinski definition) is 3. The Kier molecular flexibility index (Phi) is 4.60. The van der Waals surface area contributed by atoms with Gasteiger partial charge in [0.1, 0.15) is 0 Å². The molecule has 25 heavy (non-hydrogen) atoms. The van der Waals surface area contributed by atoms with Crippen molar-refractivity contribution in [3.63, 3.8) is 0 Å². The van der Waals surface area contributed by atoms with Crippen molar-refractivity contribution in [2.75, 3.05) is 5.32 Å². The molecular weight excluding hydrogens is 328 g/mol. The summed E-state index contributed by atoms with van der Waals surface area (Å²) in [5.41, 5.74) is 3.00. The number of carbonyl (C=O) groups excluding carboxylic acids is 1. The van der Waals surface area contributed by atoms with Gasteiger partial charge in [0.25, 0.3) is 5.91 Å². The van der Waals surface area contributed by atoms with Crippen LogP contribution >= 0.6 is 0 Å². The number of rotatable bonds is 5. The van der Waals surface area contributed by atoms with E-state index in [4.69, 9.17) is 0 Å². The van der Waals surface area contributed by atoms with Crippen LogP contribution in [0.25, 0.3) is 0 Å². The summed E-state index contributed by atoms with van der Waals surface area (Å²) in [5, 5.41) is 10.7. The van der Waals surface area contributed by atoms with E-state index in [1.807, 2.05) is 37.3 Å². The first-order valence-corrected chi connectivity index (χ1v) is 7.68. The second-order valence-electron chi connectivity index (χ2n) is 5.60. The van der Waals surface area contributed by atoms with Crippen molar-refractivity contribution in [2.24, 2.45) is 0 Å². The van der Waals surface area contributed by atoms with Crippen molar-refractivity contribution in [1.82, 2.24) is 19.6 Å². The first-order valence-electron chi connectivity index (χ1n) is 7.68. The minimum atomic E-state index is -2.78. The van der Waals surface area contributed by atoms with Crippen LogP contribution in [-0.2, 0) is 6.54 Å². The van der Waals surface area contributed by atoms with Crippen molar-refractivity contribution in [2.45, 2.75) is 26.9 Å². The molecule has 0 spiro atoms. The van der Waals surface area contributed by atoms with E-state index < -0.39 is 12.5 Å². The molecule has 0 aliphatic carbocycles. The molecule has 2 heterocycles. The molecule has 0 bridgehead atoms. The fourth-order valence-electron chi connectivity index (χ4n) is 2.53. The van der Waals surface area contributed by atoms with Crippen LogP contribution in [0.15, 0.2) is 42.6 Å². The molecule has 2 aromatic heterocycles. The topological polar surface area (TPSA) is 64.7 Å². The van der Waals surface area contributed by atoms with Gasteiger partial charge in [0, 0.05) is 6.20 Å². The summed E-state index contributed by atoms with van der Waals surface area (Å²) in [6, 6.07) is 11.1. The Hall–Kier alpha value is -3.03. The maximum atomic E-state index is 12.6. The van der Waals surface area contributed by atoms with Crippen LogP contribution in [0.3, 0.4) is 0 Å². The zero-order chi connectivity index (χ0) is 18.0. The largest absolute Gasteiger partial charge is 0.333 e. The maximum absolute atomic E-state index is 12.6. The molecule has 8 heteroatoms. The van der Waals surface area contributed by atoms with Crippen molar-refractivity contribution in [3.05, 3.63) is 65.2 Å².